The number of thioether (sulfide) groups is 1. The molecule has 4 rings (SSSR count). The summed E-state index contributed by atoms with van der Waals surface area (Å²) in [5.74, 6) is -0.0806. The lowest BCUT2D eigenvalue weighted by Crippen LogP contribution is -2.41. The van der Waals surface area contributed by atoms with E-state index in [2.05, 4.69) is 15.5 Å². The van der Waals surface area contributed by atoms with E-state index in [4.69, 9.17) is 0 Å². The molecule has 1 N–H and O–H groups in total. The maximum Gasteiger partial charge on any atom is 0.239 e. The number of hydrogen-bond acceptors (Lipinski definition) is 6. The third-order valence-corrected chi connectivity index (χ3v) is 6.98. The van der Waals surface area contributed by atoms with Crippen LogP contribution in [0.1, 0.15) is 11.8 Å². The van der Waals surface area contributed by atoms with Crippen molar-refractivity contribution in [3.63, 3.8) is 0 Å². The van der Waals surface area contributed by atoms with Crippen molar-refractivity contribution in [3.05, 3.63) is 77.0 Å². The predicted octanol–water partition coefficient (Wildman–Crippen LogP) is 4.62. The monoisotopic (exact) mass is 476 g/mol. The third-order valence-electron chi connectivity index (χ3n) is 5.14. The molecular formula is C25H24N4O2S2. The highest BCUT2D eigenvalue weighted by Gasteiger charge is 2.18. The van der Waals surface area contributed by atoms with Crippen LogP contribution in [0.25, 0.3) is 22.0 Å². The zero-order chi connectivity index (χ0) is 23.0. The van der Waals surface area contributed by atoms with Crippen molar-refractivity contribution in [2.24, 2.45) is 0 Å². The number of nitrogens with one attached hydrogen (secondary N) is 1. The Labute approximate surface area is 201 Å². The standard InChI is InChI=1S/C25H24N4O2S2/c1-2-29(16-22(30)26-15-19-11-8-14-32-19)23(31)17-33-25-21-13-7-6-12-20(21)24(27-28-25)18-9-4-3-5-10-18/h3-14H,2,15-17H2,1H3,(H,26,30). The van der Waals surface area contributed by atoms with Crippen molar-refractivity contribution < 1.29 is 9.59 Å². The first-order chi connectivity index (χ1) is 16.2. The van der Waals surface area contributed by atoms with Crippen LogP contribution < -0.4 is 5.32 Å². The molecule has 0 unspecified atom stereocenters. The molecule has 0 aliphatic carbocycles. The van der Waals surface area contributed by atoms with Gasteiger partial charge in [0.05, 0.1) is 18.8 Å². The zero-order valence-corrected chi connectivity index (χ0v) is 19.9. The summed E-state index contributed by atoms with van der Waals surface area (Å²) in [6.07, 6.45) is 0. The molecule has 4 aromatic rings. The molecule has 0 saturated heterocycles. The fourth-order valence-corrected chi connectivity index (χ4v) is 4.94. The van der Waals surface area contributed by atoms with Gasteiger partial charge in [-0.1, -0.05) is 72.4 Å². The number of rotatable bonds is 9. The van der Waals surface area contributed by atoms with E-state index in [9.17, 15) is 9.59 Å². The second-order valence-corrected chi connectivity index (χ2v) is 9.31. The Morgan fingerprint density at radius 3 is 2.45 bits per heavy atom. The number of likely N-dealkylation sites (N-methyl/N-ethyl adjacent to an activating group) is 1. The van der Waals surface area contributed by atoms with Gasteiger partial charge in [-0.25, -0.2) is 0 Å². The molecule has 0 radical (unpaired) electrons. The smallest absolute Gasteiger partial charge is 0.239 e. The minimum Gasteiger partial charge on any atom is -0.350 e. The normalized spacial score (nSPS) is 10.8. The second-order valence-electron chi connectivity index (χ2n) is 7.32. The lowest BCUT2D eigenvalue weighted by atomic mass is 10.1. The van der Waals surface area contributed by atoms with Gasteiger partial charge in [0.1, 0.15) is 10.7 Å². The van der Waals surface area contributed by atoms with E-state index in [0.717, 1.165) is 26.9 Å². The van der Waals surface area contributed by atoms with Crippen LogP contribution in [-0.2, 0) is 16.1 Å². The average molecular weight is 477 g/mol. The average Bonchev–Trinajstić information content (AvgIpc) is 3.38. The highest BCUT2D eigenvalue weighted by molar-refractivity contribution is 8.00. The van der Waals surface area contributed by atoms with E-state index >= 15 is 0 Å². The van der Waals surface area contributed by atoms with E-state index in [-0.39, 0.29) is 24.1 Å². The molecule has 33 heavy (non-hydrogen) atoms. The lowest BCUT2D eigenvalue weighted by molar-refractivity contribution is -0.133. The molecule has 0 spiro atoms. The van der Waals surface area contributed by atoms with Crippen LogP contribution in [-0.4, -0.2) is 45.8 Å². The quantitative estimate of drug-likeness (QED) is 0.357. The van der Waals surface area contributed by atoms with Crippen molar-refractivity contribution in [1.82, 2.24) is 20.4 Å². The van der Waals surface area contributed by atoms with Gasteiger partial charge >= 0.3 is 0 Å². The second kappa shape index (κ2) is 11.1. The van der Waals surface area contributed by atoms with Gasteiger partial charge in [0.25, 0.3) is 0 Å². The number of carbonyl (C=O) groups is 2. The summed E-state index contributed by atoms with van der Waals surface area (Å²) in [6, 6.07) is 21.8. The van der Waals surface area contributed by atoms with Crippen molar-refractivity contribution in [2.45, 2.75) is 18.5 Å². The summed E-state index contributed by atoms with van der Waals surface area (Å²) in [5.41, 5.74) is 1.82. The fraction of sp³-hybridized carbons (Fsp3) is 0.200. The first kappa shape index (κ1) is 22.9. The molecule has 2 heterocycles. The molecular weight excluding hydrogens is 452 g/mol. The molecule has 0 saturated carbocycles. The van der Waals surface area contributed by atoms with Crippen LogP contribution in [0.2, 0.25) is 0 Å². The van der Waals surface area contributed by atoms with Crippen LogP contribution in [0, 0.1) is 0 Å². The van der Waals surface area contributed by atoms with E-state index in [1.807, 2.05) is 79.0 Å². The minimum absolute atomic E-state index is 0.0423. The number of aromatic nitrogens is 2. The molecule has 8 heteroatoms. The van der Waals surface area contributed by atoms with Crippen molar-refractivity contribution in [3.8, 4) is 11.3 Å². The van der Waals surface area contributed by atoms with Gasteiger partial charge in [0.15, 0.2) is 0 Å². The van der Waals surface area contributed by atoms with Crippen molar-refractivity contribution in [2.75, 3.05) is 18.8 Å². The lowest BCUT2D eigenvalue weighted by Gasteiger charge is -2.20. The molecule has 0 aliphatic rings. The maximum absolute atomic E-state index is 12.8. The summed E-state index contributed by atoms with van der Waals surface area (Å²) in [4.78, 5) is 27.8. The molecule has 0 atom stereocenters. The van der Waals surface area contributed by atoms with Crippen molar-refractivity contribution >= 4 is 45.7 Å². The fourth-order valence-electron chi connectivity index (χ4n) is 3.42. The summed E-state index contributed by atoms with van der Waals surface area (Å²) in [6.45, 7) is 2.86. The largest absolute Gasteiger partial charge is 0.350 e. The van der Waals surface area contributed by atoms with Gasteiger partial charge in [-0.05, 0) is 18.4 Å². The first-order valence-corrected chi connectivity index (χ1v) is 12.5. The summed E-state index contributed by atoms with van der Waals surface area (Å²) < 4.78 is 0. The Morgan fingerprint density at radius 1 is 0.970 bits per heavy atom. The summed E-state index contributed by atoms with van der Waals surface area (Å²) in [7, 11) is 0. The number of amides is 2. The van der Waals surface area contributed by atoms with Gasteiger partial charge in [-0.3, -0.25) is 9.59 Å². The van der Waals surface area contributed by atoms with Gasteiger partial charge in [-0.2, -0.15) is 0 Å². The van der Waals surface area contributed by atoms with Gasteiger partial charge in [-0.15, -0.1) is 21.5 Å². The Bertz CT molecular complexity index is 1230. The number of fused-ring (bicyclic) bond motifs is 1. The Kier molecular flexibility index (Phi) is 7.70. The Hall–Kier alpha value is -3.23. The van der Waals surface area contributed by atoms with Crippen LogP contribution in [0.4, 0.5) is 0 Å². The molecule has 2 amide bonds. The minimum atomic E-state index is -0.166. The van der Waals surface area contributed by atoms with E-state index in [1.165, 1.54) is 11.8 Å². The SMILES string of the molecule is CCN(CC(=O)NCc1cccs1)C(=O)CSc1nnc(-c2ccccc2)c2ccccc12. The molecule has 6 nitrogen and oxygen atoms in total. The zero-order valence-electron chi connectivity index (χ0n) is 18.2. The van der Waals surface area contributed by atoms with Crippen LogP contribution in [0.15, 0.2) is 77.1 Å². The van der Waals surface area contributed by atoms with Gasteiger partial charge < -0.3 is 10.2 Å². The number of benzene rings is 2. The highest BCUT2D eigenvalue weighted by Crippen LogP contribution is 2.31. The molecule has 0 aliphatic heterocycles. The summed E-state index contributed by atoms with van der Waals surface area (Å²) >= 11 is 2.94. The van der Waals surface area contributed by atoms with E-state index in [1.54, 1.807) is 16.2 Å². The van der Waals surface area contributed by atoms with E-state index < -0.39 is 0 Å². The van der Waals surface area contributed by atoms with Crippen LogP contribution >= 0.6 is 23.1 Å². The maximum atomic E-state index is 12.8. The van der Waals surface area contributed by atoms with Crippen molar-refractivity contribution in [1.29, 1.82) is 0 Å². The van der Waals surface area contributed by atoms with E-state index in [0.29, 0.717) is 18.1 Å². The number of thiophene rings is 1. The van der Waals surface area contributed by atoms with Gasteiger partial charge in [0.2, 0.25) is 11.8 Å². The van der Waals surface area contributed by atoms with Gasteiger partial charge in [0, 0.05) is 27.8 Å². The third kappa shape index (κ3) is 5.77. The molecule has 0 fully saturated rings. The van der Waals surface area contributed by atoms with Crippen LogP contribution in [0.3, 0.4) is 0 Å². The molecule has 2 aromatic heterocycles. The first-order valence-electron chi connectivity index (χ1n) is 10.7. The molecule has 168 valence electrons. The number of hydrogen-bond donors (Lipinski definition) is 1. The molecule has 0 bridgehead atoms. The summed E-state index contributed by atoms with van der Waals surface area (Å²) in [5, 5.41) is 16.4. The molecule has 2 aromatic carbocycles. The Morgan fingerprint density at radius 2 is 1.73 bits per heavy atom. The number of carbonyl (C=O) groups excluding carboxylic acids is 2. The Balaban J connectivity index is 1.42. The highest BCUT2D eigenvalue weighted by atomic mass is 32.2. The topological polar surface area (TPSA) is 75.2 Å². The number of nitrogens with zero attached hydrogens (tertiary/aromatic N) is 3. The van der Waals surface area contributed by atoms with Crippen LogP contribution in [0.5, 0.6) is 0 Å². The predicted molar refractivity (Wildman–Crippen MR) is 134 cm³/mol.